The van der Waals surface area contributed by atoms with E-state index in [4.69, 9.17) is 0 Å². The second kappa shape index (κ2) is 7.95. The largest absolute Gasteiger partial charge is 0.309 e. The second-order valence-corrected chi connectivity index (χ2v) is 10.5. The molecule has 37 heavy (non-hydrogen) atoms. The molecule has 0 N–H and O–H groups in total. The van der Waals surface area contributed by atoms with Gasteiger partial charge in [0.05, 0.1) is 22.1 Å². The van der Waals surface area contributed by atoms with Crippen molar-refractivity contribution in [3.63, 3.8) is 0 Å². The van der Waals surface area contributed by atoms with Gasteiger partial charge < -0.3 is 9.13 Å². The van der Waals surface area contributed by atoms with E-state index in [0.717, 1.165) is 0 Å². The lowest BCUT2D eigenvalue weighted by Gasteiger charge is -2.09. The van der Waals surface area contributed by atoms with Gasteiger partial charge >= 0.3 is 0 Å². The highest BCUT2D eigenvalue weighted by molar-refractivity contribution is 7.18. The van der Waals surface area contributed by atoms with E-state index in [0.29, 0.717) is 0 Å². The third-order valence-corrected chi connectivity index (χ3v) is 8.50. The van der Waals surface area contributed by atoms with Gasteiger partial charge in [0.1, 0.15) is 5.00 Å². The zero-order valence-electron chi connectivity index (χ0n) is 20.0. The van der Waals surface area contributed by atoms with Gasteiger partial charge in [0, 0.05) is 32.1 Å². The van der Waals surface area contributed by atoms with Crippen molar-refractivity contribution in [1.29, 1.82) is 0 Å². The van der Waals surface area contributed by atoms with Crippen LogP contribution in [0.15, 0.2) is 133 Å². The minimum absolute atomic E-state index is 1.18. The Balaban J connectivity index is 1.23. The first-order valence-electron chi connectivity index (χ1n) is 12.5. The van der Waals surface area contributed by atoms with E-state index in [1.807, 2.05) is 11.3 Å². The summed E-state index contributed by atoms with van der Waals surface area (Å²) >= 11 is 1.84. The maximum Gasteiger partial charge on any atom is 0.101 e. The number of nitrogens with zero attached hydrogens (tertiary/aromatic N) is 2. The second-order valence-electron chi connectivity index (χ2n) is 9.42. The summed E-state index contributed by atoms with van der Waals surface area (Å²) in [5, 5.41) is 6.40. The minimum atomic E-state index is 1.18. The summed E-state index contributed by atoms with van der Waals surface area (Å²) in [5.41, 5.74) is 7.39. The van der Waals surface area contributed by atoms with Crippen LogP contribution in [-0.4, -0.2) is 9.13 Å². The molecule has 3 aromatic heterocycles. The van der Waals surface area contributed by atoms with Crippen LogP contribution < -0.4 is 0 Å². The van der Waals surface area contributed by atoms with Crippen LogP contribution in [0, 0.1) is 0 Å². The summed E-state index contributed by atoms with van der Waals surface area (Å²) in [6, 6.07) is 48.2. The lowest BCUT2D eigenvalue weighted by atomic mass is 10.1. The van der Waals surface area contributed by atoms with Crippen molar-refractivity contribution >= 4 is 54.9 Å². The highest BCUT2D eigenvalue weighted by Crippen LogP contribution is 2.38. The number of aromatic nitrogens is 2. The Labute approximate surface area is 218 Å². The van der Waals surface area contributed by atoms with Crippen LogP contribution in [0.4, 0.5) is 0 Å². The van der Waals surface area contributed by atoms with Gasteiger partial charge in [-0.05, 0) is 54.1 Å². The van der Waals surface area contributed by atoms with Gasteiger partial charge in [0.15, 0.2) is 0 Å². The zero-order chi connectivity index (χ0) is 24.3. The molecule has 0 aliphatic carbocycles. The number of thiophene rings is 1. The molecule has 0 amide bonds. The highest BCUT2D eigenvalue weighted by Gasteiger charge is 2.14. The van der Waals surface area contributed by atoms with E-state index in [9.17, 15) is 0 Å². The Morgan fingerprint density at radius 2 is 0.811 bits per heavy atom. The average Bonchev–Trinajstić information content (AvgIpc) is 3.66. The third kappa shape index (κ3) is 3.05. The highest BCUT2D eigenvalue weighted by atomic mass is 32.1. The van der Waals surface area contributed by atoms with Crippen LogP contribution in [0.25, 0.3) is 64.7 Å². The summed E-state index contributed by atoms with van der Waals surface area (Å²) in [7, 11) is 0. The summed E-state index contributed by atoms with van der Waals surface area (Å²) in [6.07, 6.45) is 0. The van der Waals surface area contributed by atoms with E-state index in [1.165, 1.54) is 64.7 Å². The standard InChI is InChI=1S/C34H22N2S/c1-5-13-29-25(9-1)26-10-2-6-14-30(26)35(29)24-19-17-23(18-20-24)33-21-22-34(37-33)36-31-15-7-3-11-27(31)28-12-4-8-16-32(28)36/h1-22H. The van der Waals surface area contributed by atoms with Gasteiger partial charge in [0.25, 0.3) is 0 Å². The van der Waals surface area contributed by atoms with Crippen molar-refractivity contribution in [2.24, 2.45) is 0 Å². The van der Waals surface area contributed by atoms with Crippen molar-refractivity contribution in [3.05, 3.63) is 133 Å². The molecule has 3 heterocycles. The molecule has 2 nitrogen and oxygen atoms in total. The van der Waals surface area contributed by atoms with Crippen molar-refractivity contribution in [2.45, 2.75) is 0 Å². The number of hydrogen-bond acceptors (Lipinski definition) is 1. The molecular weight excluding hydrogens is 468 g/mol. The van der Waals surface area contributed by atoms with Crippen molar-refractivity contribution in [3.8, 4) is 21.1 Å². The summed E-state index contributed by atoms with van der Waals surface area (Å²) in [4.78, 5) is 1.27. The molecule has 0 unspecified atom stereocenters. The molecule has 174 valence electrons. The molecule has 0 atom stereocenters. The van der Waals surface area contributed by atoms with Crippen LogP contribution >= 0.6 is 11.3 Å². The Kier molecular flexibility index (Phi) is 4.42. The van der Waals surface area contributed by atoms with Gasteiger partial charge in [0.2, 0.25) is 0 Å². The molecule has 0 saturated carbocycles. The topological polar surface area (TPSA) is 9.86 Å². The predicted molar refractivity (Wildman–Crippen MR) is 158 cm³/mol. The summed E-state index contributed by atoms with van der Waals surface area (Å²) in [5.74, 6) is 0. The quantitative estimate of drug-likeness (QED) is 0.233. The molecule has 8 rings (SSSR count). The number of hydrogen-bond donors (Lipinski definition) is 0. The molecule has 0 fully saturated rings. The fourth-order valence-corrected chi connectivity index (χ4v) is 6.78. The number of fused-ring (bicyclic) bond motifs is 6. The van der Waals surface area contributed by atoms with E-state index < -0.39 is 0 Å². The van der Waals surface area contributed by atoms with Gasteiger partial charge in [-0.2, -0.15) is 0 Å². The van der Waals surface area contributed by atoms with Crippen LogP contribution in [0.3, 0.4) is 0 Å². The molecule has 0 aliphatic heterocycles. The molecule has 3 heteroatoms. The first kappa shape index (κ1) is 20.6. The predicted octanol–water partition coefficient (Wildman–Crippen LogP) is 9.61. The summed E-state index contributed by atoms with van der Waals surface area (Å²) < 4.78 is 4.76. The fourth-order valence-electron chi connectivity index (χ4n) is 5.74. The van der Waals surface area contributed by atoms with Crippen molar-refractivity contribution in [1.82, 2.24) is 9.13 Å². The van der Waals surface area contributed by atoms with E-state index >= 15 is 0 Å². The number of benzene rings is 5. The fraction of sp³-hybridized carbons (Fsp3) is 0. The van der Waals surface area contributed by atoms with Crippen LogP contribution in [0.5, 0.6) is 0 Å². The smallest absolute Gasteiger partial charge is 0.101 e. The third-order valence-electron chi connectivity index (χ3n) is 7.38. The first-order chi connectivity index (χ1) is 18.4. The molecule has 0 bridgehead atoms. The number of para-hydroxylation sites is 4. The first-order valence-corrected chi connectivity index (χ1v) is 13.4. The van der Waals surface area contributed by atoms with E-state index in [1.54, 1.807) is 0 Å². The maximum atomic E-state index is 2.39. The van der Waals surface area contributed by atoms with Crippen LogP contribution in [0.1, 0.15) is 0 Å². The maximum absolute atomic E-state index is 2.39. The molecule has 8 aromatic rings. The Morgan fingerprint density at radius 1 is 0.378 bits per heavy atom. The van der Waals surface area contributed by atoms with E-state index in [-0.39, 0.29) is 0 Å². The Bertz CT molecular complexity index is 1980. The van der Waals surface area contributed by atoms with Crippen molar-refractivity contribution in [2.75, 3.05) is 0 Å². The van der Waals surface area contributed by atoms with Gasteiger partial charge in [-0.25, -0.2) is 0 Å². The lowest BCUT2D eigenvalue weighted by molar-refractivity contribution is 1.18. The molecular formula is C34H22N2S. The molecule has 0 saturated heterocycles. The normalized spacial score (nSPS) is 11.8. The Morgan fingerprint density at radius 3 is 1.30 bits per heavy atom. The SMILES string of the molecule is c1ccc2c(c1)c1ccccc1n2-c1ccc(-c2ccc(-n3c4ccccc4c4ccccc43)s2)cc1. The van der Waals surface area contributed by atoms with Crippen LogP contribution in [-0.2, 0) is 0 Å². The van der Waals surface area contributed by atoms with Gasteiger partial charge in [-0.3, -0.25) is 0 Å². The molecule has 0 aliphatic rings. The molecule has 0 radical (unpaired) electrons. The van der Waals surface area contributed by atoms with Gasteiger partial charge in [-0.1, -0.05) is 84.9 Å². The van der Waals surface area contributed by atoms with Gasteiger partial charge in [-0.15, -0.1) is 11.3 Å². The minimum Gasteiger partial charge on any atom is -0.309 e. The zero-order valence-corrected chi connectivity index (χ0v) is 20.8. The number of rotatable bonds is 3. The molecule has 0 spiro atoms. The Hall–Kier alpha value is -4.60. The molecule has 5 aromatic carbocycles. The monoisotopic (exact) mass is 490 g/mol. The summed E-state index contributed by atoms with van der Waals surface area (Å²) in [6.45, 7) is 0. The lowest BCUT2D eigenvalue weighted by Crippen LogP contribution is -1.93. The van der Waals surface area contributed by atoms with E-state index in [2.05, 4.69) is 143 Å². The van der Waals surface area contributed by atoms with Crippen molar-refractivity contribution < 1.29 is 0 Å². The average molecular weight is 491 g/mol. The van der Waals surface area contributed by atoms with Crippen LogP contribution in [0.2, 0.25) is 0 Å².